The number of benzene rings is 1. The third-order valence-electron chi connectivity index (χ3n) is 4.71. The number of hydrogen-bond donors (Lipinski definition) is 1. The highest BCUT2D eigenvalue weighted by Gasteiger charge is 2.14. The van der Waals surface area contributed by atoms with Crippen LogP contribution in [0.1, 0.15) is 40.4 Å². The third kappa shape index (κ3) is 5.34. The Labute approximate surface area is 175 Å². The van der Waals surface area contributed by atoms with Gasteiger partial charge in [-0.2, -0.15) is 0 Å². The molecule has 154 valence electrons. The van der Waals surface area contributed by atoms with Gasteiger partial charge in [0, 0.05) is 35.6 Å². The van der Waals surface area contributed by atoms with E-state index in [1.165, 1.54) is 4.57 Å². The first-order valence-corrected chi connectivity index (χ1v) is 9.86. The van der Waals surface area contributed by atoms with Crippen LogP contribution < -0.4 is 11.2 Å². The van der Waals surface area contributed by atoms with Crippen molar-refractivity contribution in [2.24, 2.45) is 0 Å². The lowest BCUT2D eigenvalue weighted by molar-refractivity contribution is 0.0980. The highest BCUT2D eigenvalue weighted by molar-refractivity contribution is 5.33. The van der Waals surface area contributed by atoms with Crippen LogP contribution in [0.3, 0.4) is 0 Å². The summed E-state index contributed by atoms with van der Waals surface area (Å²) in [5.74, 6) is 5.88. The Kier molecular flexibility index (Phi) is 6.99. The fourth-order valence-corrected chi connectivity index (χ4v) is 3.49. The fourth-order valence-electron chi connectivity index (χ4n) is 3.49. The quantitative estimate of drug-likeness (QED) is 0.507. The number of aryl methyl sites for hydroxylation is 2. The first kappa shape index (κ1) is 21.3. The molecule has 0 unspecified atom stereocenters. The Morgan fingerprint density at radius 1 is 1.17 bits per heavy atom. The maximum atomic E-state index is 12.5. The van der Waals surface area contributed by atoms with Crippen LogP contribution >= 0.6 is 0 Å². The van der Waals surface area contributed by atoms with Crippen molar-refractivity contribution in [3.05, 3.63) is 97.1 Å². The first-order chi connectivity index (χ1) is 14.5. The zero-order chi connectivity index (χ0) is 21.5. The van der Waals surface area contributed by atoms with Crippen LogP contribution in [0.15, 0.2) is 52.3 Å². The van der Waals surface area contributed by atoms with E-state index >= 15 is 0 Å². The van der Waals surface area contributed by atoms with Crippen LogP contribution in [0.25, 0.3) is 0 Å². The zero-order valence-corrected chi connectivity index (χ0v) is 17.5. The monoisotopic (exact) mass is 403 g/mol. The average Bonchev–Trinajstić information content (AvgIpc) is 2.70. The van der Waals surface area contributed by atoms with E-state index in [1.54, 1.807) is 12.4 Å². The average molecular weight is 403 g/mol. The molecule has 6 nitrogen and oxygen atoms in total. The van der Waals surface area contributed by atoms with Crippen LogP contribution in [0, 0.1) is 25.7 Å². The number of aromatic amines is 1. The molecule has 1 N–H and O–H groups in total. The number of pyridine rings is 1. The van der Waals surface area contributed by atoms with Crippen LogP contribution in [0.2, 0.25) is 0 Å². The van der Waals surface area contributed by atoms with E-state index < -0.39 is 5.69 Å². The van der Waals surface area contributed by atoms with Gasteiger partial charge in [0.15, 0.2) is 0 Å². The van der Waals surface area contributed by atoms with E-state index in [1.807, 2.05) is 32.9 Å². The fraction of sp³-hybridized carbons (Fsp3) is 0.292. The number of hydrogen-bond acceptors (Lipinski definition) is 4. The van der Waals surface area contributed by atoms with E-state index in [0.29, 0.717) is 24.1 Å². The molecule has 0 radical (unpaired) electrons. The van der Waals surface area contributed by atoms with Gasteiger partial charge in [0.25, 0.3) is 5.56 Å². The maximum Gasteiger partial charge on any atom is 0.330 e. The Balaban J connectivity index is 1.85. The second kappa shape index (κ2) is 9.86. The molecule has 0 aliphatic rings. The predicted molar refractivity (Wildman–Crippen MR) is 116 cm³/mol. The number of rotatable bonds is 6. The molecule has 0 atom stereocenters. The van der Waals surface area contributed by atoms with Crippen molar-refractivity contribution in [2.75, 3.05) is 6.61 Å². The summed E-state index contributed by atoms with van der Waals surface area (Å²) in [5, 5.41) is 0. The Hall–Kier alpha value is -3.43. The molecular weight excluding hydrogens is 378 g/mol. The smallest absolute Gasteiger partial charge is 0.330 e. The summed E-state index contributed by atoms with van der Waals surface area (Å²) in [4.78, 5) is 31.3. The molecule has 3 aromatic rings. The molecule has 0 saturated heterocycles. The van der Waals surface area contributed by atoms with Crippen molar-refractivity contribution in [1.82, 2.24) is 14.5 Å². The summed E-state index contributed by atoms with van der Waals surface area (Å²) < 4.78 is 7.12. The number of ether oxygens (including phenoxy) is 1. The number of aromatic nitrogens is 3. The molecule has 0 saturated carbocycles. The van der Waals surface area contributed by atoms with Crippen LogP contribution in [0.4, 0.5) is 0 Å². The van der Waals surface area contributed by atoms with Gasteiger partial charge in [-0.05, 0) is 38.0 Å². The van der Waals surface area contributed by atoms with Gasteiger partial charge in [0.05, 0.1) is 0 Å². The molecule has 0 aliphatic heterocycles. The molecule has 30 heavy (non-hydrogen) atoms. The van der Waals surface area contributed by atoms with E-state index in [-0.39, 0.29) is 18.9 Å². The Morgan fingerprint density at radius 2 is 1.93 bits per heavy atom. The van der Waals surface area contributed by atoms with Crippen molar-refractivity contribution < 1.29 is 4.74 Å². The lowest BCUT2D eigenvalue weighted by atomic mass is 10.0. The topological polar surface area (TPSA) is 77.0 Å². The standard InChI is InChI=1S/C24H25N3O3/c1-4-21-22(14-20-12-17(2)11-18(3)13-20)27(24(29)26-23(21)28)16-30-10-6-8-19-7-5-9-25-15-19/h5,7,9,11-13,15H,4,10,14,16H2,1-3H3,(H,26,28,29). The van der Waals surface area contributed by atoms with Crippen LogP contribution in [0.5, 0.6) is 0 Å². The van der Waals surface area contributed by atoms with Crippen LogP contribution in [-0.2, 0) is 24.3 Å². The molecule has 2 aromatic heterocycles. The minimum absolute atomic E-state index is 0.0183. The maximum absolute atomic E-state index is 12.5. The molecule has 0 bridgehead atoms. The van der Waals surface area contributed by atoms with Gasteiger partial charge < -0.3 is 4.74 Å². The minimum Gasteiger partial charge on any atom is -0.348 e. The molecule has 2 heterocycles. The van der Waals surface area contributed by atoms with Crippen molar-refractivity contribution in [3.8, 4) is 11.8 Å². The summed E-state index contributed by atoms with van der Waals surface area (Å²) in [5.41, 5.74) is 4.59. The number of nitrogens with zero attached hydrogens (tertiary/aromatic N) is 2. The van der Waals surface area contributed by atoms with E-state index in [9.17, 15) is 9.59 Å². The van der Waals surface area contributed by atoms with E-state index in [2.05, 4.69) is 40.0 Å². The van der Waals surface area contributed by atoms with E-state index in [0.717, 1.165) is 22.3 Å². The second-order valence-corrected chi connectivity index (χ2v) is 7.16. The number of H-pyrrole nitrogens is 1. The molecule has 6 heteroatoms. The molecule has 0 amide bonds. The van der Waals surface area contributed by atoms with Gasteiger partial charge >= 0.3 is 5.69 Å². The van der Waals surface area contributed by atoms with Crippen molar-refractivity contribution >= 4 is 0 Å². The predicted octanol–water partition coefficient (Wildman–Crippen LogP) is 2.73. The summed E-state index contributed by atoms with van der Waals surface area (Å²) in [6.45, 7) is 6.15. The van der Waals surface area contributed by atoms with Crippen molar-refractivity contribution in [3.63, 3.8) is 0 Å². The first-order valence-electron chi connectivity index (χ1n) is 9.86. The van der Waals surface area contributed by atoms with Gasteiger partial charge in [-0.25, -0.2) is 4.79 Å². The van der Waals surface area contributed by atoms with Gasteiger partial charge in [-0.1, -0.05) is 48.1 Å². The SMILES string of the molecule is CCc1c(Cc2cc(C)cc(C)c2)n(COCC#Cc2cccnc2)c(=O)[nH]c1=O. The van der Waals surface area contributed by atoms with Crippen molar-refractivity contribution in [1.29, 1.82) is 0 Å². The highest BCUT2D eigenvalue weighted by atomic mass is 16.5. The molecule has 0 aliphatic carbocycles. The second-order valence-electron chi connectivity index (χ2n) is 7.16. The molecule has 1 aromatic carbocycles. The molecular formula is C24H25N3O3. The molecule has 0 spiro atoms. The lowest BCUT2D eigenvalue weighted by Crippen LogP contribution is -2.36. The van der Waals surface area contributed by atoms with E-state index in [4.69, 9.17) is 4.74 Å². The molecule has 3 rings (SSSR count). The summed E-state index contributed by atoms with van der Waals surface area (Å²) in [6, 6.07) is 9.92. The van der Waals surface area contributed by atoms with Gasteiger partial charge in [-0.15, -0.1) is 0 Å². The Morgan fingerprint density at radius 3 is 2.60 bits per heavy atom. The summed E-state index contributed by atoms with van der Waals surface area (Å²) in [7, 11) is 0. The van der Waals surface area contributed by atoms with Gasteiger partial charge in [0.1, 0.15) is 13.3 Å². The highest BCUT2D eigenvalue weighted by Crippen LogP contribution is 2.15. The Bertz CT molecular complexity index is 1180. The van der Waals surface area contributed by atoms with Gasteiger partial charge in [0.2, 0.25) is 0 Å². The largest absolute Gasteiger partial charge is 0.348 e. The van der Waals surface area contributed by atoms with Crippen molar-refractivity contribution in [2.45, 2.75) is 40.3 Å². The normalized spacial score (nSPS) is 10.5. The van der Waals surface area contributed by atoms with Gasteiger partial charge in [-0.3, -0.25) is 19.3 Å². The number of nitrogens with one attached hydrogen (secondary N) is 1. The third-order valence-corrected chi connectivity index (χ3v) is 4.71. The minimum atomic E-state index is -0.475. The zero-order valence-electron chi connectivity index (χ0n) is 17.5. The summed E-state index contributed by atoms with van der Waals surface area (Å²) >= 11 is 0. The lowest BCUT2D eigenvalue weighted by Gasteiger charge is -2.16. The molecule has 0 fully saturated rings. The van der Waals surface area contributed by atoms with Crippen LogP contribution in [-0.4, -0.2) is 21.1 Å². The summed E-state index contributed by atoms with van der Waals surface area (Å²) in [6.07, 6.45) is 4.37.